The van der Waals surface area contributed by atoms with Crippen LogP contribution >= 0.6 is 0 Å². The van der Waals surface area contributed by atoms with Gasteiger partial charge in [-0.15, -0.1) is 0 Å². The van der Waals surface area contributed by atoms with Crippen LogP contribution in [0.25, 0.3) is 16.3 Å². The van der Waals surface area contributed by atoms with Crippen molar-refractivity contribution < 1.29 is 5.11 Å². The molecule has 0 saturated heterocycles. The van der Waals surface area contributed by atoms with Crippen molar-refractivity contribution in [3.63, 3.8) is 0 Å². The lowest BCUT2D eigenvalue weighted by molar-refractivity contribution is 0.0885. The number of aromatic hydroxyl groups is 1. The summed E-state index contributed by atoms with van der Waals surface area (Å²) in [7, 11) is 0. The zero-order chi connectivity index (χ0) is 19.6. The second-order valence-electron chi connectivity index (χ2n) is 9.55. The standard InChI is InChI=1S/C27H27NO/c1-27-12-10-23-22-7-5-21(29)15-18(22)4-6-24(23)26(27)9-8-25(27)19-3-2-17-11-13-28-16-20(17)14-19/h2-3,5,7-8,11,13-16,23-24,26,29H,4,6,9-10,12H2,1H3/t23-,24-,26+,27-/m1/s1. The second kappa shape index (κ2) is 6.19. The molecule has 3 aliphatic carbocycles. The van der Waals surface area contributed by atoms with E-state index < -0.39 is 0 Å². The van der Waals surface area contributed by atoms with E-state index in [2.05, 4.69) is 48.3 Å². The molecule has 2 nitrogen and oxygen atoms in total. The first-order valence-corrected chi connectivity index (χ1v) is 11.0. The van der Waals surface area contributed by atoms with Gasteiger partial charge >= 0.3 is 0 Å². The van der Waals surface area contributed by atoms with Crippen molar-refractivity contribution in [2.45, 2.75) is 44.9 Å². The molecule has 1 aromatic heterocycles. The molecule has 146 valence electrons. The number of hydrogen-bond acceptors (Lipinski definition) is 2. The lowest BCUT2D eigenvalue weighted by Crippen LogP contribution is -2.40. The highest BCUT2D eigenvalue weighted by atomic mass is 16.3. The van der Waals surface area contributed by atoms with Crippen LogP contribution in [0.5, 0.6) is 5.75 Å². The van der Waals surface area contributed by atoms with Crippen molar-refractivity contribution in [1.29, 1.82) is 0 Å². The van der Waals surface area contributed by atoms with Crippen molar-refractivity contribution in [2.24, 2.45) is 17.3 Å². The quantitative estimate of drug-likeness (QED) is 0.522. The van der Waals surface area contributed by atoms with E-state index in [4.69, 9.17) is 0 Å². The minimum atomic E-state index is 0.269. The lowest BCUT2D eigenvalue weighted by Gasteiger charge is -2.50. The second-order valence-corrected chi connectivity index (χ2v) is 9.55. The predicted molar refractivity (Wildman–Crippen MR) is 118 cm³/mol. The summed E-state index contributed by atoms with van der Waals surface area (Å²) in [6, 6.07) is 15.1. The average molecular weight is 382 g/mol. The summed E-state index contributed by atoms with van der Waals surface area (Å²) in [6.45, 7) is 2.52. The number of allylic oxidation sites excluding steroid dienone is 2. The van der Waals surface area contributed by atoms with Gasteiger partial charge in [0.25, 0.3) is 0 Å². The van der Waals surface area contributed by atoms with Crippen LogP contribution in [0.15, 0.2) is 60.9 Å². The fraction of sp³-hybridized carbons (Fsp3) is 0.370. The number of fused-ring (bicyclic) bond motifs is 6. The first-order valence-electron chi connectivity index (χ1n) is 11.0. The van der Waals surface area contributed by atoms with Crippen LogP contribution in [0.1, 0.15) is 55.2 Å². The third-order valence-electron chi connectivity index (χ3n) is 8.24. The van der Waals surface area contributed by atoms with Gasteiger partial charge in [0.05, 0.1) is 0 Å². The molecular weight excluding hydrogens is 354 g/mol. The Kier molecular flexibility index (Phi) is 3.69. The molecule has 1 saturated carbocycles. The van der Waals surface area contributed by atoms with Gasteiger partial charge in [-0.3, -0.25) is 4.98 Å². The SMILES string of the molecule is C[C@]12CC[C@@H]3c4ccc(O)cc4CC[C@H]3[C@@H]1CC=C2c1ccc2ccncc2c1. The Bertz CT molecular complexity index is 1150. The number of aryl methyl sites for hydroxylation is 1. The van der Waals surface area contributed by atoms with Crippen LogP contribution in [0.3, 0.4) is 0 Å². The summed E-state index contributed by atoms with van der Waals surface area (Å²) in [5.41, 5.74) is 6.10. The normalized spacial score (nSPS) is 30.4. The molecule has 3 aromatic rings. The molecule has 2 aromatic carbocycles. The third kappa shape index (κ3) is 2.51. The third-order valence-corrected chi connectivity index (χ3v) is 8.24. The van der Waals surface area contributed by atoms with E-state index >= 15 is 0 Å². The zero-order valence-corrected chi connectivity index (χ0v) is 16.9. The maximum atomic E-state index is 9.90. The molecule has 29 heavy (non-hydrogen) atoms. The zero-order valence-electron chi connectivity index (χ0n) is 16.9. The number of phenolic OH excluding ortho intramolecular Hbond substituents is 1. The molecule has 0 radical (unpaired) electrons. The van der Waals surface area contributed by atoms with E-state index in [0.717, 1.165) is 18.3 Å². The fourth-order valence-corrected chi connectivity index (χ4v) is 6.84. The molecule has 0 bridgehead atoms. The molecule has 1 heterocycles. The minimum Gasteiger partial charge on any atom is -0.508 e. The Morgan fingerprint density at radius 3 is 2.90 bits per heavy atom. The van der Waals surface area contributed by atoms with E-state index in [1.165, 1.54) is 53.1 Å². The highest BCUT2D eigenvalue weighted by Crippen LogP contribution is 2.63. The van der Waals surface area contributed by atoms with Crippen molar-refractivity contribution in [3.8, 4) is 5.75 Å². The molecule has 0 unspecified atom stereocenters. The Balaban J connectivity index is 1.36. The molecule has 0 amide bonds. The number of phenols is 1. The number of hydrogen-bond donors (Lipinski definition) is 1. The molecule has 0 aliphatic heterocycles. The van der Waals surface area contributed by atoms with Crippen LogP contribution < -0.4 is 0 Å². The van der Waals surface area contributed by atoms with E-state index in [9.17, 15) is 5.11 Å². The largest absolute Gasteiger partial charge is 0.508 e. The fourth-order valence-electron chi connectivity index (χ4n) is 6.84. The highest BCUT2D eigenvalue weighted by molar-refractivity contribution is 5.86. The summed E-state index contributed by atoms with van der Waals surface area (Å²) < 4.78 is 0. The Labute approximate surface area is 172 Å². The van der Waals surface area contributed by atoms with Crippen molar-refractivity contribution in [3.05, 3.63) is 77.6 Å². The van der Waals surface area contributed by atoms with E-state index in [1.807, 2.05) is 24.5 Å². The molecule has 0 spiro atoms. The lowest BCUT2D eigenvalue weighted by atomic mass is 9.54. The molecule has 3 aliphatic rings. The van der Waals surface area contributed by atoms with Crippen molar-refractivity contribution in [2.75, 3.05) is 0 Å². The molecule has 4 atom stereocenters. The Morgan fingerprint density at radius 2 is 1.97 bits per heavy atom. The number of benzene rings is 2. The summed E-state index contributed by atoms with van der Waals surface area (Å²) >= 11 is 0. The van der Waals surface area contributed by atoms with Crippen LogP contribution in [0, 0.1) is 17.3 Å². The predicted octanol–water partition coefficient (Wildman–Crippen LogP) is 6.49. The van der Waals surface area contributed by atoms with E-state index in [0.29, 0.717) is 11.7 Å². The smallest absolute Gasteiger partial charge is 0.115 e. The van der Waals surface area contributed by atoms with Gasteiger partial charge in [0.1, 0.15) is 5.75 Å². The maximum Gasteiger partial charge on any atom is 0.115 e. The van der Waals surface area contributed by atoms with E-state index in [-0.39, 0.29) is 5.41 Å². The van der Waals surface area contributed by atoms with Gasteiger partial charge in [-0.05, 0) is 107 Å². The van der Waals surface area contributed by atoms with Crippen LogP contribution in [-0.4, -0.2) is 10.1 Å². The summed E-state index contributed by atoms with van der Waals surface area (Å²) in [6.07, 6.45) is 12.5. The number of pyridine rings is 1. The molecule has 2 heteroatoms. The van der Waals surface area contributed by atoms with Crippen molar-refractivity contribution in [1.82, 2.24) is 4.98 Å². The number of nitrogens with zero attached hydrogens (tertiary/aromatic N) is 1. The first kappa shape index (κ1) is 17.3. The molecule has 6 rings (SSSR count). The molecular formula is C27H27NO. The molecule has 1 fully saturated rings. The first-order chi connectivity index (χ1) is 14.1. The Hall–Kier alpha value is -2.61. The summed E-state index contributed by atoms with van der Waals surface area (Å²) in [5, 5.41) is 12.4. The number of aromatic nitrogens is 1. The number of rotatable bonds is 1. The van der Waals surface area contributed by atoms with Crippen molar-refractivity contribution >= 4 is 16.3 Å². The minimum absolute atomic E-state index is 0.269. The van der Waals surface area contributed by atoms with Gasteiger partial charge < -0.3 is 5.11 Å². The highest BCUT2D eigenvalue weighted by Gasteiger charge is 2.51. The van der Waals surface area contributed by atoms with Crippen LogP contribution in [-0.2, 0) is 6.42 Å². The monoisotopic (exact) mass is 381 g/mol. The van der Waals surface area contributed by atoms with Gasteiger partial charge in [-0.1, -0.05) is 31.2 Å². The van der Waals surface area contributed by atoms with Crippen LogP contribution in [0.2, 0.25) is 0 Å². The summed E-state index contributed by atoms with van der Waals surface area (Å²) in [5.74, 6) is 2.55. The average Bonchev–Trinajstić information content (AvgIpc) is 3.10. The summed E-state index contributed by atoms with van der Waals surface area (Å²) in [4.78, 5) is 4.32. The van der Waals surface area contributed by atoms with Gasteiger partial charge in [-0.2, -0.15) is 0 Å². The van der Waals surface area contributed by atoms with Gasteiger partial charge in [0.15, 0.2) is 0 Å². The van der Waals surface area contributed by atoms with Gasteiger partial charge in [-0.25, -0.2) is 0 Å². The molecule has 1 N–H and O–H groups in total. The topological polar surface area (TPSA) is 33.1 Å². The Morgan fingerprint density at radius 1 is 1.03 bits per heavy atom. The van der Waals surface area contributed by atoms with Gasteiger partial charge in [0.2, 0.25) is 0 Å². The van der Waals surface area contributed by atoms with Crippen LogP contribution in [0.4, 0.5) is 0 Å². The maximum absolute atomic E-state index is 9.90. The van der Waals surface area contributed by atoms with Gasteiger partial charge in [0, 0.05) is 17.8 Å². The van der Waals surface area contributed by atoms with E-state index in [1.54, 1.807) is 5.57 Å².